The van der Waals surface area contributed by atoms with Gasteiger partial charge in [0.05, 0.1) is 0 Å². The van der Waals surface area contributed by atoms with E-state index in [0.717, 1.165) is 17.9 Å². The maximum atomic E-state index is 2.82. The molecule has 3 saturated heterocycles. The van der Waals surface area contributed by atoms with Gasteiger partial charge in [0, 0.05) is 24.7 Å². The first kappa shape index (κ1) is 20.6. The van der Waals surface area contributed by atoms with Crippen molar-refractivity contribution < 1.29 is 0 Å². The van der Waals surface area contributed by atoms with Crippen molar-refractivity contribution >= 4 is 0 Å². The Morgan fingerprint density at radius 2 is 1.35 bits per heavy atom. The van der Waals surface area contributed by atoms with Crippen molar-refractivity contribution in [2.24, 2.45) is 17.3 Å². The van der Waals surface area contributed by atoms with Gasteiger partial charge >= 0.3 is 0 Å². The van der Waals surface area contributed by atoms with E-state index in [0.29, 0.717) is 11.0 Å². The first-order chi connectivity index (χ1) is 12.1. The molecule has 0 radical (unpaired) electrons. The summed E-state index contributed by atoms with van der Waals surface area (Å²) in [6.07, 6.45) is 7.02. The second-order valence-electron chi connectivity index (χ2n) is 11.5. The van der Waals surface area contributed by atoms with Gasteiger partial charge in [0.15, 0.2) is 0 Å². The number of nitrogens with zero attached hydrogens (tertiary/aromatic N) is 3. The highest BCUT2D eigenvalue weighted by Crippen LogP contribution is 2.35. The maximum absolute atomic E-state index is 2.82. The molecule has 1 unspecified atom stereocenters. The normalized spacial score (nSPS) is 29.5. The van der Waals surface area contributed by atoms with Gasteiger partial charge in [-0.25, -0.2) is 0 Å². The molecule has 0 aromatic rings. The van der Waals surface area contributed by atoms with Gasteiger partial charge in [-0.15, -0.1) is 0 Å². The average Bonchev–Trinajstić information content (AvgIpc) is 3.02. The second kappa shape index (κ2) is 8.09. The van der Waals surface area contributed by atoms with E-state index in [9.17, 15) is 0 Å². The number of likely N-dealkylation sites (tertiary alicyclic amines) is 3. The highest BCUT2D eigenvalue weighted by atomic mass is 15.3. The Hall–Kier alpha value is -0.120. The van der Waals surface area contributed by atoms with Gasteiger partial charge in [-0.05, 0) is 103 Å². The number of rotatable bonds is 3. The minimum absolute atomic E-state index is 0.350. The van der Waals surface area contributed by atoms with Crippen LogP contribution in [0.3, 0.4) is 0 Å². The summed E-state index contributed by atoms with van der Waals surface area (Å²) >= 11 is 0. The van der Waals surface area contributed by atoms with Crippen LogP contribution in [0.1, 0.15) is 73.6 Å². The average molecular weight is 364 g/mol. The lowest BCUT2D eigenvalue weighted by atomic mass is 9.75. The van der Waals surface area contributed by atoms with E-state index in [2.05, 4.69) is 56.2 Å². The van der Waals surface area contributed by atoms with Crippen LogP contribution < -0.4 is 0 Å². The Morgan fingerprint density at radius 3 is 1.88 bits per heavy atom. The van der Waals surface area contributed by atoms with Crippen molar-refractivity contribution in [1.29, 1.82) is 0 Å². The Kier molecular flexibility index (Phi) is 6.41. The summed E-state index contributed by atoms with van der Waals surface area (Å²) in [6.45, 7) is 23.7. The maximum Gasteiger partial charge on any atom is 0.0235 e. The van der Waals surface area contributed by atoms with Gasteiger partial charge in [0.1, 0.15) is 0 Å². The van der Waals surface area contributed by atoms with Crippen molar-refractivity contribution in [2.45, 2.75) is 85.2 Å². The SMILES string of the molecule is CC(C)(C)C1CCN(C2CCN(CC3CCN(C(C)(C)C)CC3)C2)CC1. The fourth-order valence-corrected chi connectivity index (χ4v) is 5.56. The zero-order valence-electron chi connectivity index (χ0n) is 18.6. The molecule has 3 fully saturated rings. The minimum Gasteiger partial charge on any atom is -0.301 e. The number of hydrogen-bond acceptors (Lipinski definition) is 3. The van der Waals surface area contributed by atoms with Gasteiger partial charge in [0.25, 0.3) is 0 Å². The lowest BCUT2D eigenvalue weighted by Crippen LogP contribution is -2.48. The molecule has 0 bridgehead atoms. The minimum atomic E-state index is 0.350. The van der Waals surface area contributed by atoms with E-state index in [1.807, 2.05) is 0 Å². The lowest BCUT2D eigenvalue weighted by molar-refractivity contribution is 0.0708. The van der Waals surface area contributed by atoms with E-state index < -0.39 is 0 Å². The molecule has 3 aliphatic rings. The molecule has 0 spiro atoms. The van der Waals surface area contributed by atoms with Crippen LogP contribution in [-0.2, 0) is 0 Å². The van der Waals surface area contributed by atoms with Crippen LogP contribution in [0.15, 0.2) is 0 Å². The van der Waals surface area contributed by atoms with Crippen molar-refractivity contribution in [1.82, 2.24) is 14.7 Å². The van der Waals surface area contributed by atoms with Crippen molar-refractivity contribution in [2.75, 3.05) is 45.8 Å². The molecule has 26 heavy (non-hydrogen) atoms. The summed E-state index contributed by atoms with van der Waals surface area (Å²) in [5, 5.41) is 0. The summed E-state index contributed by atoms with van der Waals surface area (Å²) in [6, 6.07) is 0.839. The molecule has 3 heteroatoms. The van der Waals surface area contributed by atoms with Crippen molar-refractivity contribution in [3.8, 4) is 0 Å². The topological polar surface area (TPSA) is 9.72 Å². The molecule has 3 rings (SSSR count). The smallest absolute Gasteiger partial charge is 0.0235 e. The molecular weight excluding hydrogens is 318 g/mol. The van der Waals surface area contributed by atoms with Gasteiger partial charge < -0.3 is 4.90 Å². The Balaban J connectivity index is 1.39. The summed E-state index contributed by atoms with van der Waals surface area (Å²) < 4.78 is 0. The van der Waals surface area contributed by atoms with Gasteiger partial charge in [-0.2, -0.15) is 0 Å². The first-order valence-corrected chi connectivity index (χ1v) is 11.3. The zero-order valence-corrected chi connectivity index (χ0v) is 18.6. The van der Waals surface area contributed by atoms with Crippen molar-refractivity contribution in [3.05, 3.63) is 0 Å². The highest BCUT2D eigenvalue weighted by molar-refractivity contribution is 4.90. The molecule has 1 atom stereocenters. The van der Waals surface area contributed by atoms with E-state index in [1.54, 1.807) is 0 Å². The Labute approximate surface area is 163 Å². The van der Waals surface area contributed by atoms with E-state index in [1.165, 1.54) is 77.9 Å². The van der Waals surface area contributed by atoms with E-state index in [-0.39, 0.29) is 0 Å². The summed E-state index contributed by atoms with van der Waals surface area (Å²) in [5.41, 5.74) is 0.846. The third-order valence-corrected chi connectivity index (χ3v) is 7.60. The third kappa shape index (κ3) is 5.23. The molecule has 0 aromatic heterocycles. The lowest BCUT2D eigenvalue weighted by Gasteiger charge is -2.42. The molecule has 0 N–H and O–H groups in total. The first-order valence-electron chi connectivity index (χ1n) is 11.3. The Morgan fingerprint density at radius 1 is 0.731 bits per heavy atom. The highest BCUT2D eigenvalue weighted by Gasteiger charge is 2.35. The van der Waals surface area contributed by atoms with Crippen molar-refractivity contribution in [3.63, 3.8) is 0 Å². The standard InChI is InChI=1S/C23H45N3/c1-22(2,3)20-9-13-25(14-10-20)21-11-12-24(18-21)17-19-7-15-26(16-8-19)23(4,5)6/h19-21H,7-18H2,1-6H3. The number of hydrogen-bond donors (Lipinski definition) is 0. The molecular formula is C23H45N3. The Bertz CT molecular complexity index is 431. The molecule has 3 heterocycles. The molecule has 3 aliphatic heterocycles. The van der Waals surface area contributed by atoms with Crippen LogP contribution in [0.25, 0.3) is 0 Å². The predicted molar refractivity (Wildman–Crippen MR) is 113 cm³/mol. The molecule has 0 amide bonds. The molecule has 152 valence electrons. The number of piperidine rings is 2. The van der Waals surface area contributed by atoms with Crippen LogP contribution >= 0.6 is 0 Å². The molecule has 0 aliphatic carbocycles. The fourth-order valence-electron chi connectivity index (χ4n) is 5.56. The largest absolute Gasteiger partial charge is 0.301 e. The quantitative estimate of drug-likeness (QED) is 0.739. The van der Waals surface area contributed by atoms with Crippen LogP contribution in [0.4, 0.5) is 0 Å². The fraction of sp³-hybridized carbons (Fsp3) is 1.00. The predicted octanol–water partition coefficient (Wildman–Crippen LogP) is 4.33. The van der Waals surface area contributed by atoms with Gasteiger partial charge in [-0.3, -0.25) is 9.80 Å². The molecule has 0 saturated carbocycles. The molecule has 0 aromatic carbocycles. The van der Waals surface area contributed by atoms with Crippen LogP contribution in [0.5, 0.6) is 0 Å². The van der Waals surface area contributed by atoms with E-state index >= 15 is 0 Å². The monoisotopic (exact) mass is 363 g/mol. The van der Waals surface area contributed by atoms with E-state index in [4.69, 9.17) is 0 Å². The third-order valence-electron chi connectivity index (χ3n) is 7.60. The van der Waals surface area contributed by atoms with Gasteiger partial charge in [0.2, 0.25) is 0 Å². The summed E-state index contributed by atoms with van der Waals surface area (Å²) in [5.74, 6) is 1.85. The summed E-state index contributed by atoms with van der Waals surface area (Å²) in [4.78, 5) is 8.29. The van der Waals surface area contributed by atoms with Crippen LogP contribution in [0, 0.1) is 17.3 Å². The van der Waals surface area contributed by atoms with Gasteiger partial charge in [-0.1, -0.05) is 20.8 Å². The summed E-state index contributed by atoms with van der Waals surface area (Å²) in [7, 11) is 0. The second-order valence-corrected chi connectivity index (χ2v) is 11.5. The molecule has 3 nitrogen and oxygen atoms in total. The zero-order chi connectivity index (χ0) is 18.9. The van der Waals surface area contributed by atoms with Crippen LogP contribution in [0.2, 0.25) is 0 Å². The van der Waals surface area contributed by atoms with Crippen LogP contribution in [-0.4, -0.2) is 72.1 Å².